The minimum absolute atomic E-state index is 0.171. The summed E-state index contributed by atoms with van der Waals surface area (Å²) in [5.74, 6) is -1.21. The average molecular weight is 285 g/mol. The van der Waals surface area contributed by atoms with Crippen molar-refractivity contribution in [2.45, 2.75) is 39.8 Å². The van der Waals surface area contributed by atoms with E-state index in [1.54, 1.807) is 20.0 Å². The highest BCUT2D eigenvalue weighted by Crippen LogP contribution is 2.12. The van der Waals surface area contributed by atoms with Gasteiger partial charge in [-0.15, -0.1) is 11.3 Å². The topological polar surface area (TPSA) is 91.3 Å². The first-order chi connectivity index (χ1) is 8.93. The molecule has 1 heterocycles. The summed E-state index contributed by atoms with van der Waals surface area (Å²) in [6.45, 7) is 5.83. The van der Waals surface area contributed by atoms with Crippen molar-refractivity contribution in [2.24, 2.45) is 5.92 Å². The number of rotatable bonds is 6. The lowest BCUT2D eigenvalue weighted by atomic mass is 10.1. The highest BCUT2D eigenvalue weighted by Gasteiger charge is 2.23. The summed E-state index contributed by atoms with van der Waals surface area (Å²) >= 11 is 1.54. The molecule has 1 aromatic rings. The number of thiazole rings is 1. The van der Waals surface area contributed by atoms with Crippen LogP contribution in [-0.4, -0.2) is 28.1 Å². The van der Waals surface area contributed by atoms with Crippen LogP contribution in [0.3, 0.4) is 0 Å². The lowest BCUT2D eigenvalue weighted by Gasteiger charge is -2.17. The van der Waals surface area contributed by atoms with Crippen molar-refractivity contribution in [1.82, 2.24) is 15.6 Å². The zero-order valence-corrected chi connectivity index (χ0v) is 12.1. The molecular formula is C12H19N3O3S. The second-order valence-electron chi connectivity index (χ2n) is 4.46. The number of amides is 2. The molecule has 1 rings (SSSR count). The van der Waals surface area contributed by atoms with E-state index >= 15 is 0 Å². The van der Waals surface area contributed by atoms with Gasteiger partial charge in [-0.1, -0.05) is 20.8 Å². The Morgan fingerprint density at radius 2 is 2.16 bits per heavy atom. The number of carbonyl (C=O) groups is 2. The Balaban J connectivity index is 2.44. The minimum atomic E-state index is -1.03. The fourth-order valence-electron chi connectivity index (χ4n) is 1.45. The summed E-state index contributed by atoms with van der Waals surface area (Å²) in [6, 6.07) is -1.38. The van der Waals surface area contributed by atoms with Crippen molar-refractivity contribution in [1.29, 1.82) is 0 Å². The lowest BCUT2D eigenvalue weighted by molar-refractivity contribution is -0.140. The molecule has 0 saturated heterocycles. The first-order valence-corrected chi connectivity index (χ1v) is 6.96. The molecule has 19 heavy (non-hydrogen) atoms. The molecule has 0 aliphatic carbocycles. The molecule has 0 bridgehead atoms. The predicted octanol–water partition coefficient (Wildman–Crippen LogP) is 1.61. The number of aryl methyl sites for hydroxylation is 1. The maximum atomic E-state index is 11.6. The zero-order valence-electron chi connectivity index (χ0n) is 11.3. The maximum absolute atomic E-state index is 11.6. The number of nitrogens with one attached hydrogen (secondary N) is 2. The van der Waals surface area contributed by atoms with Gasteiger partial charge in [-0.05, 0) is 12.3 Å². The summed E-state index contributed by atoms with van der Waals surface area (Å²) in [6.07, 6.45) is 2.70. The van der Waals surface area contributed by atoms with Crippen molar-refractivity contribution in [3.63, 3.8) is 0 Å². The van der Waals surface area contributed by atoms with Crippen molar-refractivity contribution < 1.29 is 14.7 Å². The first kappa shape index (κ1) is 15.4. The van der Waals surface area contributed by atoms with E-state index in [4.69, 9.17) is 5.11 Å². The van der Waals surface area contributed by atoms with E-state index in [1.165, 1.54) is 11.3 Å². The molecule has 0 aliphatic rings. The molecule has 106 valence electrons. The monoisotopic (exact) mass is 285 g/mol. The molecule has 0 radical (unpaired) electrons. The lowest BCUT2D eigenvalue weighted by Crippen LogP contribution is -2.48. The Labute approximate surface area is 116 Å². The van der Waals surface area contributed by atoms with Gasteiger partial charge in [0.1, 0.15) is 11.0 Å². The van der Waals surface area contributed by atoms with Gasteiger partial charge in [0.25, 0.3) is 0 Å². The Bertz CT molecular complexity index is 445. The number of carboxylic acids is 1. The number of aliphatic carboxylic acids is 1. The van der Waals surface area contributed by atoms with Crippen molar-refractivity contribution in [2.75, 3.05) is 0 Å². The van der Waals surface area contributed by atoms with Gasteiger partial charge in [-0.3, -0.25) is 0 Å². The normalized spacial score (nSPS) is 12.2. The SMILES string of the molecule is CCc1cnc(CNC(=O)N[C@H](C(=O)O)C(C)C)s1. The second kappa shape index (κ2) is 7.08. The summed E-state index contributed by atoms with van der Waals surface area (Å²) < 4.78 is 0. The van der Waals surface area contributed by atoms with Gasteiger partial charge in [0, 0.05) is 11.1 Å². The number of urea groups is 1. The van der Waals surface area contributed by atoms with E-state index < -0.39 is 18.0 Å². The summed E-state index contributed by atoms with van der Waals surface area (Å²) in [7, 11) is 0. The van der Waals surface area contributed by atoms with E-state index in [0.29, 0.717) is 6.54 Å². The number of carboxylic acid groups (broad SMARTS) is 1. The van der Waals surface area contributed by atoms with Crippen LogP contribution in [0, 0.1) is 5.92 Å². The van der Waals surface area contributed by atoms with Crippen LogP contribution in [0.15, 0.2) is 6.20 Å². The fourth-order valence-corrected chi connectivity index (χ4v) is 2.26. The van der Waals surface area contributed by atoms with E-state index in [-0.39, 0.29) is 5.92 Å². The van der Waals surface area contributed by atoms with Gasteiger partial charge < -0.3 is 15.7 Å². The highest BCUT2D eigenvalue weighted by atomic mass is 32.1. The molecular weight excluding hydrogens is 266 g/mol. The van der Waals surface area contributed by atoms with Gasteiger partial charge in [0.15, 0.2) is 0 Å². The molecule has 1 aromatic heterocycles. The zero-order chi connectivity index (χ0) is 14.4. The Morgan fingerprint density at radius 1 is 1.47 bits per heavy atom. The quantitative estimate of drug-likeness (QED) is 0.740. The summed E-state index contributed by atoms with van der Waals surface area (Å²) in [4.78, 5) is 27.9. The molecule has 0 aliphatic heterocycles. The Morgan fingerprint density at radius 3 is 2.63 bits per heavy atom. The van der Waals surface area contributed by atoms with Crippen LogP contribution in [0.4, 0.5) is 4.79 Å². The molecule has 1 atom stereocenters. The third kappa shape index (κ3) is 4.86. The van der Waals surface area contributed by atoms with Crippen LogP contribution < -0.4 is 10.6 Å². The average Bonchev–Trinajstić information content (AvgIpc) is 2.80. The van der Waals surface area contributed by atoms with E-state index in [1.807, 2.05) is 6.92 Å². The number of aromatic nitrogens is 1. The molecule has 0 unspecified atom stereocenters. The van der Waals surface area contributed by atoms with Crippen LogP contribution in [0.1, 0.15) is 30.7 Å². The number of hydrogen-bond donors (Lipinski definition) is 3. The third-order valence-electron chi connectivity index (χ3n) is 2.57. The Kier molecular flexibility index (Phi) is 5.75. The standard InChI is InChI=1S/C12H19N3O3S/c1-4-8-5-13-9(19-8)6-14-12(18)15-10(7(2)3)11(16)17/h5,7,10H,4,6H2,1-3H3,(H,16,17)(H2,14,15,18)/t10-/m0/s1. The van der Waals surface area contributed by atoms with Gasteiger partial charge in [-0.2, -0.15) is 0 Å². The van der Waals surface area contributed by atoms with Crippen LogP contribution in [-0.2, 0) is 17.8 Å². The maximum Gasteiger partial charge on any atom is 0.326 e. The van der Waals surface area contributed by atoms with Gasteiger partial charge in [-0.25, -0.2) is 14.6 Å². The molecule has 3 N–H and O–H groups in total. The van der Waals surface area contributed by atoms with Crippen molar-refractivity contribution >= 4 is 23.3 Å². The predicted molar refractivity (Wildman–Crippen MR) is 73.1 cm³/mol. The number of nitrogens with zero attached hydrogens (tertiary/aromatic N) is 1. The second-order valence-corrected chi connectivity index (χ2v) is 5.66. The van der Waals surface area contributed by atoms with Gasteiger partial charge in [0.2, 0.25) is 0 Å². The van der Waals surface area contributed by atoms with Crippen molar-refractivity contribution in [3.05, 3.63) is 16.1 Å². The van der Waals surface area contributed by atoms with Crippen LogP contribution in [0.2, 0.25) is 0 Å². The largest absolute Gasteiger partial charge is 0.480 e. The Hall–Kier alpha value is -1.63. The molecule has 2 amide bonds. The van der Waals surface area contributed by atoms with E-state index in [9.17, 15) is 9.59 Å². The fraction of sp³-hybridized carbons (Fsp3) is 0.583. The van der Waals surface area contributed by atoms with E-state index in [2.05, 4.69) is 15.6 Å². The first-order valence-electron chi connectivity index (χ1n) is 6.14. The van der Waals surface area contributed by atoms with Crippen LogP contribution in [0.5, 0.6) is 0 Å². The van der Waals surface area contributed by atoms with E-state index in [0.717, 1.165) is 16.3 Å². The summed E-state index contributed by atoms with van der Waals surface area (Å²) in [5, 5.41) is 14.8. The molecule has 0 aromatic carbocycles. The molecule has 0 saturated carbocycles. The van der Waals surface area contributed by atoms with Crippen LogP contribution >= 0.6 is 11.3 Å². The molecule has 7 heteroatoms. The van der Waals surface area contributed by atoms with Crippen LogP contribution in [0.25, 0.3) is 0 Å². The third-order valence-corrected chi connectivity index (χ3v) is 3.71. The molecule has 0 spiro atoms. The van der Waals surface area contributed by atoms with Gasteiger partial charge >= 0.3 is 12.0 Å². The highest BCUT2D eigenvalue weighted by molar-refractivity contribution is 7.11. The minimum Gasteiger partial charge on any atom is -0.480 e. The summed E-state index contributed by atoms with van der Waals surface area (Å²) in [5.41, 5.74) is 0. The molecule has 0 fully saturated rings. The van der Waals surface area contributed by atoms with Gasteiger partial charge in [0.05, 0.1) is 6.54 Å². The van der Waals surface area contributed by atoms with Crippen molar-refractivity contribution in [3.8, 4) is 0 Å². The molecule has 6 nitrogen and oxygen atoms in total. The number of carbonyl (C=O) groups excluding carboxylic acids is 1. The number of hydrogen-bond acceptors (Lipinski definition) is 4. The smallest absolute Gasteiger partial charge is 0.326 e.